The van der Waals surface area contributed by atoms with Crippen molar-refractivity contribution < 1.29 is 33.2 Å². The first-order valence-electron chi connectivity index (χ1n) is 19.0. The minimum absolute atomic E-state index is 0.0104. The number of β-amino-alcohol motifs (C(OH)–C–C–N with tert-alkyl or cyclic N) is 1. The third-order valence-electron chi connectivity index (χ3n) is 12.2. The maximum atomic E-state index is 17.1. The molecule has 52 heavy (non-hydrogen) atoms. The van der Waals surface area contributed by atoms with E-state index in [0.717, 1.165) is 64.3 Å². The molecule has 0 spiro atoms. The van der Waals surface area contributed by atoms with Crippen LogP contribution in [0.25, 0.3) is 32.9 Å². The van der Waals surface area contributed by atoms with Crippen molar-refractivity contribution in [2.24, 2.45) is 5.41 Å². The molecule has 3 unspecified atom stereocenters. The van der Waals surface area contributed by atoms with Crippen LogP contribution in [0.2, 0.25) is 0 Å². The van der Waals surface area contributed by atoms with Gasteiger partial charge in [-0.1, -0.05) is 19.4 Å². The Morgan fingerprint density at radius 1 is 1.04 bits per heavy atom. The lowest BCUT2D eigenvalue weighted by molar-refractivity contribution is -0.0429. The molecule has 278 valence electrons. The smallest absolute Gasteiger partial charge is 0.319 e. The SMILES string of the molecule is CCc1c(F)ccc2cc(O)cc(-c3ncc4c(N5CCOCC(O)C5)nc(OCC56CCCC5N(C5CCC(OC)CC5)CCC6)nc4c3F)c12. The van der Waals surface area contributed by atoms with Crippen LogP contribution in [0.3, 0.4) is 0 Å². The molecule has 2 saturated heterocycles. The van der Waals surface area contributed by atoms with Gasteiger partial charge in [0.1, 0.15) is 28.6 Å². The lowest BCUT2D eigenvalue weighted by Crippen LogP contribution is -2.56. The normalized spacial score (nSPS) is 27.2. The highest BCUT2D eigenvalue weighted by Gasteiger charge is 2.50. The van der Waals surface area contributed by atoms with Crippen LogP contribution in [0.15, 0.2) is 30.5 Å². The van der Waals surface area contributed by atoms with E-state index >= 15 is 8.78 Å². The van der Waals surface area contributed by atoms with E-state index in [1.54, 1.807) is 12.1 Å². The van der Waals surface area contributed by atoms with E-state index in [4.69, 9.17) is 24.2 Å². The number of aryl methyl sites for hydroxylation is 1. The van der Waals surface area contributed by atoms with Gasteiger partial charge in [-0.3, -0.25) is 9.88 Å². The maximum Gasteiger partial charge on any atom is 0.319 e. The molecular weight excluding hydrogens is 668 g/mol. The zero-order chi connectivity index (χ0) is 36.0. The van der Waals surface area contributed by atoms with Crippen LogP contribution >= 0.6 is 0 Å². The maximum absolute atomic E-state index is 17.1. The van der Waals surface area contributed by atoms with Crippen molar-refractivity contribution in [3.8, 4) is 23.0 Å². The number of benzene rings is 2. The monoisotopic (exact) mass is 717 g/mol. The van der Waals surface area contributed by atoms with E-state index < -0.39 is 17.7 Å². The lowest BCUT2D eigenvalue weighted by atomic mass is 9.74. The summed E-state index contributed by atoms with van der Waals surface area (Å²) in [6.07, 6.45) is 11.4. The molecule has 4 aromatic rings. The number of piperidine rings is 1. The van der Waals surface area contributed by atoms with Gasteiger partial charge in [0.2, 0.25) is 0 Å². The first-order chi connectivity index (χ1) is 25.3. The number of aliphatic hydroxyl groups excluding tert-OH is 1. The molecule has 0 radical (unpaired) electrons. The zero-order valence-electron chi connectivity index (χ0n) is 30.1. The van der Waals surface area contributed by atoms with E-state index in [9.17, 15) is 10.2 Å². The minimum atomic E-state index is -0.764. The number of aliphatic hydroxyl groups is 1. The highest BCUT2D eigenvalue weighted by Crippen LogP contribution is 2.50. The zero-order valence-corrected chi connectivity index (χ0v) is 30.1. The van der Waals surface area contributed by atoms with Crippen molar-refractivity contribution in [3.63, 3.8) is 0 Å². The second-order valence-electron chi connectivity index (χ2n) is 15.2. The highest BCUT2D eigenvalue weighted by molar-refractivity contribution is 6.01. The van der Waals surface area contributed by atoms with Crippen molar-refractivity contribution in [2.75, 3.05) is 51.5 Å². The van der Waals surface area contributed by atoms with Crippen molar-refractivity contribution >= 4 is 27.5 Å². The Morgan fingerprint density at radius 3 is 2.67 bits per heavy atom. The van der Waals surface area contributed by atoms with Gasteiger partial charge in [0.25, 0.3) is 0 Å². The Hall–Kier alpha value is -3.71. The van der Waals surface area contributed by atoms with E-state index in [1.165, 1.54) is 18.3 Å². The summed E-state index contributed by atoms with van der Waals surface area (Å²) in [7, 11) is 1.81. The number of hydrogen-bond donors (Lipinski definition) is 2. The summed E-state index contributed by atoms with van der Waals surface area (Å²) in [5, 5.41) is 22.8. The number of aromatic nitrogens is 3. The van der Waals surface area contributed by atoms with E-state index in [1.807, 2.05) is 18.9 Å². The number of halogens is 2. The van der Waals surface area contributed by atoms with Crippen LogP contribution in [-0.2, 0) is 15.9 Å². The average Bonchev–Trinajstić information content (AvgIpc) is 3.48. The molecule has 2 aromatic heterocycles. The summed E-state index contributed by atoms with van der Waals surface area (Å²) in [6.45, 7) is 4.57. The third kappa shape index (κ3) is 6.45. The van der Waals surface area contributed by atoms with Gasteiger partial charge >= 0.3 is 6.01 Å². The van der Waals surface area contributed by atoms with Crippen LogP contribution in [0.4, 0.5) is 14.6 Å². The quantitative estimate of drug-likeness (QED) is 0.208. The highest BCUT2D eigenvalue weighted by atomic mass is 19.1. The van der Waals surface area contributed by atoms with Gasteiger partial charge in [0.05, 0.1) is 37.4 Å². The van der Waals surface area contributed by atoms with Crippen LogP contribution in [-0.4, -0.2) is 101 Å². The molecule has 4 fully saturated rings. The van der Waals surface area contributed by atoms with Gasteiger partial charge in [0.15, 0.2) is 5.82 Å². The number of fused-ring (bicyclic) bond motifs is 3. The van der Waals surface area contributed by atoms with Gasteiger partial charge in [0, 0.05) is 49.5 Å². The number of phenols is 1. The van der Waals surface area contributed by atoms with Crippen molar-refractivity contribution in [3.05, 3.63) is 47.7 Å². The first-order valence-corrected chi connectivity index (χ1v) is 19.0. The summed E-state index contributed by atoms with van der Waals surface area (Å²) in [4.78, 5) is 18.8. The molecule has 10 nitrogen and oxygen atoms in total. The molecule has 2 N–H and O–H groups in total. The molecule has 0 amide bonds. The summed E-state index contributed by atoms with van der Waals surface area (Å²) >= 11 is 0. The number of aromatic hydroxyl groups is 1. The molecule has 2 aliphatic heterocycles. The number of anilines is 1. The summed E-state index contributed by atoms with van der Waals surface area (Å²) in [5.41, 5.74) is 0.602. The Morgan fingerprint density at radius 2 is 1.87 bits per heavy atom. The molecule has 4 aliphatic rings. The van der Waals surface area contributed by atoms with E-state index in [2.05, 4.69) is 9.88 Å². The lowest BCUT2D eigenvalue weighted by Gasteiger charge is -2.50. The summed E-state index contributed by atoms with van der Waals surface area (Å²) < 4.78 is 50.0. The van der Waals surface area contributed by atoms with Crippen molar-refractivity contribution in [1.82, 2.24) is 19.9 Å². The van der Waals surface area contributed by atoms with Gasteiger partial charge in [-0.25, -0.2) is 8.78 Å². The molecule has 2 aromatic carbocycles. The molecule has 2 saturated carbocycles. The minimum Gasteiger partial charge on any atom is -0.508 e. The van der Waals surface area contributed by atoms with Gasteiger partial charge in [-0.05, 0) is 98.9 Å². The second-order valence-corrected chi connectivity index (χ2v) is 15.2. The Balaban J connectivity index is 1.18. The number of nitrogens with zero attached hydrogens (tertiary/aromatic N) is 5. The second kappa shape index (κ2) is 14.6. The number of ether oxygens (including phenoxy) is 3. The fourth-order valence-electron chi connectivity index (χ4n) is 9.73. The average molecular weight is 718 g/mol. The van der Waals surface area contributed by atoms with E-state index in [0.29, 0.717) is 71.9 Å². The Labute approximate surface area is 303 Å². The predicted octanol–water partition coefficient (Wildman–Crippen LogP) is 6.56. The Bertz CT molecular complexity index is 1940. The number of pyridine rings is 1. The molecule has 3 atom stereocenters. The van der Waals surface area contributed by atoms with Crippen LogP contribution in [0, 0.1) is 17.0 Å². The van der Waals surface area contributed by atoms with Crippen molar-refractivity contribution in [2.45, 2.75) is 95.4 Å². The summed E-state index contributed by atoms with van der Waals surface area (Å²) in [6, 6.07) is 6.93. The van der Waals surface area contributed by atoms with Crippen LogP contribution < -0.4 is 9.64 Å². The molecule has 12 heteroatoms. The molecule has 4 heterocycles. The van der Waals surface area contributed by atoms with E-state index in [-0.39, 0.29) is 47.1 Å². The predicted molar refractivity (Wildman–Crippen MR) is 195 cm³/mol. The molecule has 0 bridgehead atoms. The van der Waals surface area contributed by atoms with Gasteiger partial charge in [-0.2, -0.15) is 9.97 Å². The van der Waals surface area contributed by atoms with Gasteiger partial charge < -0.3 is 29.3 Å². The molecular formula is C40H49F2N5O5. The number of rotatable bonds is 8. The standard InChI is InChI=1S/C40H49F2N5O5/c1-3-29-32(41)12-7-24-18-26(48)19-30(34(24)29)36-35(42)37-31(20-43-36)38(46-16-17-51-22-27(49)21-46)45-39(44-37)52-23-40-13-4-6-33(40)47(15-5-14-40)25-8-10-28(50-2)11-9-25/h7,12,18-20,25,27-28,33,48-49H,3-6,8-11,13-17,21-23H2,1-2H3. The van der Waals surface area contributed by atoms with Crippen LogP contribution in [0.5, 0.6) is 11.8 Å². The fourth-order valence-corrected chi connectivity index (χ4v) is 9.73. The number of methoxy groups -OCH3 is 1. The van der Waals surface area contributed by atoms with Crippen molar-refractivity contribution in [1.29, 1.82) is 0 Å². The number of hydrogen-bond acceptors (Lipinski definition) is 10. The third-order valence-corrected chi connectivity index (χ3v) is 12.2. The molecule has 2 aliphatic carbocycles. The largest absolute Gasteiger partial charge is 0.508 e. The molecule has 8 rings (SSSR count). The fraction of sp³-hybridized carbons (Fsp3) is 0.575. The Kier molecular flexibility index (Phi) is 9.92. The number of likely N-dealkylation sites (tertiary alicyclic amines) is 1. The van der Waals surface area contributed by atoms with Gasteiger partial charge in [-0.15, -0.1) is 0 Å². The topological polar surface area (TPSA) is 113 Å². The first kappa shape index (κ1) is 35.3. The number of phenolic OH excluding ortho intramolecular Hbond substituents is 1. The summed E-state index contributed by atoms with van der Waals surface area (Å²) in [5.74, 6) is -0.798. The van der Waals surface area contributed by atoms with Crippen LogP contribution in [0.1, 0.15) is 70.3 Å².